The van der Waals surface area contributed by atoms with Crippen molar-refractivity contribution in [2.75, 3.05) is 6.54 Å². The summed E-state index contributed by atoms with van der Waals surface area (Å²) in [7, 11) is 0. The number of carbonyl (C=O) groups excluding carboxylic acids is 2. The van der Waals surface area contributed by atoms with Crippen LogP contribution in [0.2, 0.25) is 10.0 Å². The Labute approximate surface area is 138 Å². The molecule has 2 aromatic rings. The van der Waals surface area contributed by atoms with Gasteiger partial charge in [-0.2, -0.15) is 0 Å². The maximum atomic E-state index is 11.8. The molecule has 0 atom stereocenters. The average Bonchev–Trinajstić information content (AvgIpc) is 2.52. The molecular formula is C16H14Cl2N2O2. The summed E-state index contributed by atoms with van der Waals surface area (Å²) in [5.41, 5.74) is 1.27. The molecule has 0 unspecified atom stereocenters. The molecule has 0 bridgehead atoms. The topological polar surface area (TPSA) is 58.2 Å². The summed E-state index contributed by atoms with van der Waals surface area (Å²) in [6, 6.07) is 13.8. The van der Waals surface area contributed by atoms with Crippen LogP contribution in [0, 0.1) is 0 Å². The number of rotatable bonds is 5. The van der Waals surface area contributed by atoms with Gasteiger partial charge in [-0.05, 0) is 29.8 Å². The van der Waals surface area contributed by atoms with Crippen molar-refractivity contribution in [3.05, 3.63) is 69.7 Å². The molecule has 0 aliphatic rings. The van der Waals surface area contributed by atoms with Crippen LogP contribution in [0.25, 0.3) is 0 Å². The van der Waals surface area contributed by atoms with E-state index in [1.165, 1.54) is 0 Å². The molecular weight excluding hydrogens is 323 g/mol. The van der Waals surface area contributed by atoms with Gasteiger partial charge in [0.15, 0.2) is 0 Å². The Morgan fingerprint density at radius 3 is 2.36 bits per heavy atom. The highest BCUT2D eigenvalue weighted by atomic mass is 35.5. The minimum atomic E-state index is -0.296. The lowest BCUT2D eigenvalue weighted by Gasteiger charge is -2.08. The maximum absolute atomic E-state index is 11.8. The van der Waals surface area contributed by atoms with Crippen molar-refractivity contribution in [2.45, 2.75) is 6.54 Å². The van der Waals surface area contributed by atoms with E-state index in [4.69, 9.17) is 23.2 Å². The predicted molar refractivity (Wildman–Crippen MR) is 87.1 cm³/mol. The SMILES string of the molecule is O=C(CNC(=O)c1ccccc1)NCc1ccc(Cl)cc1Cl. The van der Waals surface area contributed by atoms with Gasteiger partial charge in [0, 0.05) is 22.2 Å². The molecule has 0 saturated heterocycles. The highest BCUT2D eigenvalue weighted by Crippen LogP contribution is 2.20. The molecule has 0 aliphatic heterocycles. The average molecular weight is 337 g/mol. The lowest BCUT2D eigenvalue weighted by Crippen LogP contribution is -2.36. The number of carbonyl (C=O) groups is 2. The van der Waals surface area contributed by atoms with Crippen molar-refractivity contribution < 1.29 is 9.59 Å². The molecule has 0 fully saturated rings. The van der Waals surface area contributed by atoms with Crippen LogP contribution < -0.4 is 10.6 Å². The number of amides is 2. The third-order valence-electron chi connectivity index (χ3n) is 2.94. The summed E-state index contributed by atoms with van der Waals surface area (Å²) in [5.74, 6) is -0.587. The Kier molecular flexibility index (Phi) is 5.81. The van der Waals surface area contributed by atoms with Gasteiger partial charge in [-0.15, -0.1) is 0 Å². The first kappa shape index (κ1) is 16.3. The third kappa shape index (κ3) is 4.76. The van der Waals surface area contributed by atoms with Gasteiger partial charge in [0.05, 0.1) is 6.54 Å². The fraction of sp³-hybridized carbons (Fsp3) is 0.125. The van der Waals surface area contributed by atoms with E-state index >= 15 is 0 Å². The van der Waals surface area contributed by atoms with Crippen molar-refractivity contribution in [2.24, 2.45) is 0 Å². The van der Waals surface area contributed by atoms with Crippen LogP contribution in [0.15, 0.2) is 48.5 Å². The van der Waals surface area contributed by atoms with Gasteiger partial charge in [0.1, 0.15) is 0 Å². The molecule has 6 heteroatoms. The van der Waals surface area contributed by atoms with Crippen molar-refractivity contribution in [3.63, 3.8) is 0 Å². The number of nitrogens with one attached hydrogen (secondary N) is 2. The van der Waals surface area contributed by atoms with E-state index in [-0.39, 0.29) is 24.9 Å². The van der Waals surface area contributed by atoms with E-state index in [0.717, 1.165) is 5.56 Å². The molecule has 2 amide bonds. The zero-order valence-electron chi connectivity index (χ0n) is 11.6. The highest BCUT2D eigenvalue weighted by molar-refractivity contribution is 6.35. The Bertz CT molecular complexity index is 675. The normalized spacial score (nSPS) is 10.1. The van der Waals surface area contributed by atoms with E-state index < -0.39 is 0 Å². The lowest BCUT2D eigenvalue weighted by molar-refractivity contribution is -0.120. The summed E-state index contributed by atoms with van der Waals surface area (Å²) in [5, 5.41) is 6.26. The second-order valence-electron chi connectivity index (χ2n) is 4.56. The van der Waals surface area contributed by atoms with Crippen LogP contribution in [-0.2, 0) is 11.3 Å². The second kappa shape index (κ2) is 7.82. The number of hydrogen-bond acceptors (Lipinski definition) is 2. The first-order chi connectivity index (χ1) is 10.6. The second-order valence-corrected chi connectivity index (χ2v) is 5.40. The Balaban J connectivity index is 1.80. The third-order valence-corrected chi connectivity index (χ3v) is 3.52. The van der Waals surface area contributed by atoms with Gasteiger partial charge >= 0.3 is 0 Å². The molecule has 0 radical (unpaired) electrons. The van der Waals surface area contributed by atoms with Crippen LogP contribution in [-0.4, -0.2) is 18.4 Å². The molecule has 0 aromatic heterocycles. The summed E-state index contributed by atoms with van der Waals surface area (Å²) in [6.07, 6.45) is 0. The van der Waals surface area contributed by atoms with E-state index in [1.807, 2.05) is 6.07 Å². The van der Waals surface area contributed by atoms with Gasteiger partial charge < -0.3 is 10.6 Å². The van der Waals surface area contributed by atoms with Gasteiger partial charge in [0.25, 0.3) is 5.91 Å². The smallest absolute Gasteiger partial charge is 0.251 e. The van der Waals surface area contributed by atoms with Crippen molar-refractivity contribution in [3.8, 4) is 0 Å². The first-order valence-electron chi connectivity index (χ1n) is 6.60. The highest BCUT2D eigenvalue weighted by Gasteiger charge is 2.08. The van der Waals surface area contributed by atoms with E-state index in [9.17, 15) is 9.59 Å². The van der Waals surface area contributed by atoms with Crippen molar-refractivity contribution in [1.82, 2.24) is 10.6 Å². The van der Waals surface area contributed by atoms with Crippen LogP contribution in [0.3, 0.4) is 0 Å². The van der Waals surface area contributed by atoms with Crippen LogP contribution in [0.4, 0.5) is 0 Å². The Morgan fingerprint density at radius 2 is 1.68 bits per heavy atom. The van der Waals surface area contributed by atoms with Gasteiger partial charge in [0.2, 0.25) is 5.91 Å². The maximum Gasteiger partial charge on any atom is 0.251 e. The molecule has 0 spiro atoms. The summed E-state index contributed by atoms with van der Waals surface area (Å²) in [6.45, 7) is 0.176. The number of halogens is 2. The summed E-state index contributed by atoms with van der Waals surface area (Å²) < 4.78 is 0. The van der Waals surface area contributed by atoms with E-state index in [1.54, 1.807) is 42.5 Å². The Hall–Kier alpha value is -2.04. The van der Waals surface area contributed by atoms with Crippen LogP contribution in [0.1, 0.15) is 15.9 Å². The van der Waals surface area contributed by atoms with E-state index in [2.05, 4.69) is 10.6 Å². The predicted octanol–water partition coefficient (Wildman–Crippen LogP) is 3.04. The molecule has 4 nitrogen and oxygen atoms in total. The lowest BCUT2D eigenvalue weighted by atomic mass is 10.2. The quantitative estimate of drug-likeness (QED) is 0.881. The van der Waals surface area contributed by atoms with Crippen molar-refractivity contribution in [1.29, 1.82) is 0 Å². The van der Waals surface area contributed by atoms with Gasteiger partial charge in [-0.25, -0.2) is 0 Å². The molecule has 0 saturated carbocycles. The zero-order chi connectivity index (χ0) is 15.9. The Morgan fingerprint density at radius 1 is 0.955 bits per heavy atom. The number of hydrogen-bond donors (Lipinski definition) is 2. The van der Waals surface area contributed by atoms with Gasteiger partial charge in [-0.3, -0.25) is 9.59 Å². The van der Waals surface area contributed by atoms with Crippen LogP contribution in [0.5, 0.6) is 0 Å². The van der Waals surface area contributed by atoms with Gasteiger partial charge in [-0.1, -0.05) is 47.5 Å². The van der Waals surface area contributed by atoms with E-state index in [0.29, 0.717) is 15.6 Å². The standard InChI is InChI=1S/C16H14Cl2N2O2/c17-13-7-6-12(14(18)8-13)9-19-15(21)10-20-16(22)11-4-2-1-3-5-11/h1-8H,9-10H2,(H,19,21)(H,20,22). The molecule has 114 valence electrons. The molecule has 22 heavy (non-hydrogen) atoms. The minimum Gasteiger partial charge on any atom is -0.350 e. The largest absolute Gasteiger partial charge is 0.350 e. The van der Waals surface area contributed by atoms with Crippen molar-refractivity contribution >= 4 is 35.0 Å². The molecule has 2 rings (SSSR count). The summed E-state index contributed by atoms with van der Waals surface area (Å²) in [4.78, 5) is 23.5. The molecule has 2 N–H and O–H groups in total. The number of benzene rings is 2. The molecule has 0 heterocycles. The monoisotopic (exact) mass is 336 g/mol. The minimum absolute atomic E-state index is 0.0983. The fourth-order valence-corrected chi connectivity index (χ4v) is 2.25. The first-order valence-corrected chi connectivity index (χ1v) is 7.36. The fourth-order valence-electron chi connectivity index (χ4n) is 1.77. The molecule has 0 aliphatic carbocycles. The summed E-state index contributed by atoms with van der Waals surface area (Å²) >= 11 is 11.8. The molecule has 2 aromatic carbocycles. The van der Waals surface area contributed by atoms with Crippen LogP contribution >= 0.6 is 23.2 Å². The zero-order valence-corrected chi connectivity index (χ0v) is 13.1.